The zero-order valence-corrected chi connectivity index (χ0v) is 11.6. The molecule has 2 atom stereocenters. The van der Waals surface area contributed by atoms with E-state index in [0.29, 0.717) is 0 Å². The van der Waals surface area contributed by atoms with Gasteiger partial charge in [-0.15, -0.1) is 11.3 Å². The van der Waals surface area contributed by atoms with Crippen molar-refractivity contribution in [2.45, 2.75) is 44.8 Å². The third kappa shape index (κ3) is 2.45. The van der Waals surface area contributed by atoms with Gasteiger partial charge in [0.25, 0.3) is 0 Å². The highest BCUT2D eigenvalue weighted by Gasteiger charge is 2.37. The first-order valence-electron chi connectivity index (χ1n) is 6.85. The van der Waals surface area contributed by atoms with Crippen molar-refractivity contribution in [3.8, 4) is 0 Å². The van der Waals surface area contributed by atoms with E-state index in [9.17, 15) is 4.79 Å². The molecule has 2 aliphatic rings. The standard InChI is InChI=1S/C14H20N2OS/c1-10-14(17)16(8-2-4-11-6-7-11)13(15-10)12-5-3-9-18-12/h3,5,9-11,13,15H,2,4,6-8H2,1H3. The van der Waals surface area contributed by atoms with Gasteiger partial charge in [-0.25, -0.2) is 0 Å². The Morgan fingerprint density at radius 3 is 3.00 bits per heavy atom. The fourth-order valence-corrected chi connectivity index (χ4v) is 3.45. The third-order valence-corrected chi connectivity index (χ3v) is 4.82. The first-order chi connectivity index (χ1) is 8.75. The number of rotatable bonds is 5. The highest BCUT2D eigenvalue weighted by Crippen LogP contribution is 2.34. The maximum Gasteiger partial charge on any atom is 0.241 e. The second kappa shape index (κ2) is 5.02. The van der Waals surface area contributed by atoms with Gasteiger partial charge in [0.15, 0.2) is 0 Å². The molecule has 1 saturated carbocycles. The predicted molar refractivity (Wildman–Crippen MR) is 73.3 cm³/mol. The van der Waals surface area contributed by atoms with Gasteiger partial charge >= 0.3 is 0 Å². The highest BCUT2D eigenvalue weighted by atomic mass is 32.1. The average molecular weight is 264 g/mol. The van der Waals surface area contributed by atoms with Crippen LogP contribution in [0.3, 0.4) is 0 Å². The Morgan fingerprint density at radius 2 is 2.33 bits per heavy atom. The second-order valence-corrected chi connectivity index (χ2v) is 6.40. The van der Waals surface area contributed by atoms with E-state index in [0.717, 1.165) is 18.9 Å². The highest BCUT2D eigenvalue weighted by molar-refractivity contribution is 7.10. The number of nitrogens with one attached hydrogen (secondary N) is 1. The van der Waals surface area contributed by atoms with Crippen LogP contribution < -0.4 is 5.32 Å². The number of carbonyl (C=O) groups excluding carboxylic acids is 1. The number of carbonyl (C=O) groups is 1. The Kier molecular flexibility index (Phi) is 3.39. The topological polar surface area (TPSA) is 32.3 Å². The zero-order chi connectivity index (χ0) is 12.5. The van der Waals surface area contributed by atoms with E-state index in [4.69, 9.17) is 0 Å². The van der Waals surface area contributed by atoms with Crippen LogP contribution in [0.5, 0.6) is 0 Å². The molecule has 2 heterocycles. The number of hydrogen-bond acceptors (Lipinski definition) is 3. The maximum atomic E-state index is 12.2. The Morgan fingerprint density at radius 1 is 1.50 bits per heavy atom. The van der Waals surface area contributed by atoms with Crippen molar-refractivity contribution >= 4 is 17.2 Å². The van der Waals surface area contributed by atoms with Crippen LogP contribution in [-0.4, -0.2) is 23.4 Å². The summed E-state index contributed by atoms with van der Waals surface area (Å²) in [5.41, 5.74) is 0. The summed E-state index contributed by atoms with van der Waals surface area (Å²) in [5.74, 6) is 1.21. The van der Waals surface area contributed by atoms with E-state index in [-0.39, 0.29) is 18.1 Å². The van der Waals surface area contributed by atoms with E-state index >= 15 is 0 Å². The summed E-state index contributed by atoms with van der Waals surface area (Å²) in [6, 6.07) is 4.12. The average Bonchev–Trinajstić information content (AvgIpc) is 2.94. The second-order valence-electron chi connectivity index (χ2n) is 5.42. The van der Waals surface area contributed by atoms with E-state index in [1.165, 1.54) is 24.1 Å². The third-order valence-electron chi connectivity index (χ3n) is 3.89. The lowest BCUT2D eigenvalue weighted by atomic mass is 10.2. The molecule has 1 aliphatic carbocycles. The molecule has 3 nitrogen and oxygen atoms in total. The Balaban J connectivity index is 1.64. The Labute approximate surface area is 112 Å². The van der Waals surface area contributed by atoms with Crippen molar-refractivity contribution in [2.75, 3.05) is 6.54 Å². The Bertz CT molecular complexity index is 413. The molecular weight excluding hydrogens is 244 g/mol. The van der Waals surface area contributed by atoms with Crippen molar-refractivity contribution in [2.24, 2.45) is 5.92 Å². The first-order valence-corrected chi connectivity index (χ1v) is 7.73. The van der Waals surface area contributed by atoms with Crippen molar-refractivity contribution in [1.82, 2.24) is 10.2 Å². The zero-order valence-electron chi connectivity index (χ0n) is 10.8. The maximum absolute atomic E-state index is 12.2. The normalized spacial score (nSPS) is 28.1. The summed E-state index contributed by atoms with van der Waals surface area (Å²) in [6.45, 7) is 2.86. The van der Waals surface area contributed by atoms with Crippen molar-refractivity contribution in [3.63, 3.8) is 0 Å². The summed E-state index contributed by atoms with van der Waals surface area (Å²) in [5, 5.41) is 5.47. The number of amides is 1. The van der Waals surface area contributed by atoms with E-state index < -0.39 is 0 Å². The van der Waals surface area contributed by atoms with Gasteiger partial charge in [-0.05, 0) is 37.1 Å². The first kappa shape index (κ1) is 12.2. The lowest BCUT2D eigenvalue weighted by Gasteiger charge is -2.23. The molecular formula is C14H20N2OS. The molecule has 18 heavy (non-hydrogen) atoms. The fraction of sp³-hybridized carbons (Fsp3) is 0.643. The lowest BCUT2D eigenvalue weighted by molar-refractivity contribution is -0.129. The lowest BCUT2D eigenvalue weighted by Crippen LogP contribution is -2.31. The number of nitrogens with zero attached hydrogens (tertiary/aromatic N) is 1. The minimum absolute atomic E-state index is 0.0435. The SMILES string of the molecule is CC1NC(c2cccs2)N(CCCC2CC2)C1=O. The van der Waals surface area contributed by atoms with Crippen LogP contribution >= 0.6 is 11.3 Å². The summed E-state index contributed by atoms with van der Waals surface area (Å²) in [4.78, 5) is 15.4. The molecule has 98 valence electrons. The van der Waals surface area contributed by atoms with Crippen LogP contribution in [0.15, 0.2) is 17.5 Å². The molecule has 0 aromatic carbocycles. The van der Waals surface area contributed by atoms with Gasteiger partial charge in [-0.1, -0.05) is 18.9 Å². The summed E-state index contributed by atoms with van der Waals surface area (Å²) >= 11 is 1.72. The molecule has 4 heteroatoms. The van der Waals surface area contributed by atoms with Crippen LogP contribution in [0, 0.1) is 5.92 Å². The number of hydrogen-bond donors (Lipinski definition) is 1. The van der Waals surface area contributed by atoms with Gasteiger partial charge < -0.3 is 4.90 Å². The molecule has 0 spiro atoms. The van der Waals surface area contributed by atoms with Gasteiger partial charge in [0.2, 0.25) is 5.91 Å². The molecule has 2 unspecified atom stereocenters. The van der Waals surface area contributed by atoms with Crippen molar-refractivity contribution in [3.05, 3.63) is 22.4 Å². The molecule has 1 aromatic heterocycles. The van der Waals surface area contributed by atoms with Gasteiger partial charge in [0, 0.05) is 11.4 Å². The molecule has 0 radical (unpaired) electrons. The predicted octanol–water partition coefficient (Wildman–Crippen LogP) is 2.76. The van der Waals surface area contributed by atoms with Gasteiger partial charge in [-0.3, -0.25) is 10.1 Å². The molecule has 3 rings (SSSR count). The molecule has 1 saturated heterocycles. The van der Waals surface area contributed by atoms with Crippen LogP contribution in [0.25, 0.3) is 0 Å². The fourth-order valence-electron chi connectivity index (χ4n) is 2.65. The van der Waals surface area contributed by atoms with E-state index in [1.54, 1.807) is 11.3 Å². The van der Waals surface area contributed by atoms with Gasteiger partial charge in [0.05, 0.1) is 6.04 Å². The van der Waals surface area contributed by atoms with Crippen LogP contribution in [-0.2, 0) is 4.79 Å². The monoisotopic (exact) mass is 264 g/mol. The quantitative estimate of drug-likeness (QED) is 0.887. The minimum Gasteiger partial charge on any atom is -0.321 e. The van der Waals surface area contributed by atoms with E-state index in [2.05, 4.69) is 22.8 Å². The molecule has 0 bridgehead atoms. The molecule has 1 aromatic rings. The molecule has 1 N–H and O–H groups in total. The minimum atomic E-state index is -0.0435. The molecule has 2 fully saturated rings. The van der Waals surface area contributed by atoms with E-state index in [1.807, 2.05) is 11.8 Å². The van der Waals surface area contributed by atoms with Gasteiger partial charge in [-0.2, -0.15) is 0 Å². The summed E-state index contributed by atoms with van der Waals surface area (Å²) in [7, 11) is 0. The molecule has 1 aliphatic heterocycles. The van der Waals surface area contributed by atoms with Crippen molar-refractivity contribution in [1.29, 1.82) is 0 Å². The van der Waals surface area contributed by atoms with Crippen LogP contribution in [0.2, 0.25) is 0 Å². The molecule has 1 amide bonds. The summed E-state index contributed by atoms with van der Waals surface area (Å²) in [6.07, 6.45) is 5.34. The van der Waals surface area contributed by atoms with Gasteiger partial charge in [0.1, 0.15) is 6.17 Å². The Hall–Kier alpha value is -0.870. The van der Waals surface area contributed by atoms with Crippen LogP contribution in [0.1, 0.15) is 43.6 Å². The smallest absolute Gasteiger partial charge is 0.241 e. The van der Waals surface area contributed by atoms with Crippen molar-refractivity contribution < 1.29 is 4.79 Å². The summed E-state index contributed by atoms with van der Waals surface area (Å²) < 4.78 is 0. The van der Waals surface area contributed by atoms with Crippen LogP contribution in [0.4, 0.5) is 0 Å². The number of thiophene rings is 1. The largest absolute Gasteiger partial charge is 0.321 e.